The Morgan fingerprint density at radius 2 is 1.70 bits per heavy atom. The molecular formula is C23H16BrCl2N3O4. The minimum Gasteiger partial charge on any atom is -0.423 e. The van der Waals surface area contributed by atoms with Crippen LogP contribution in [-0.4, -0.2) is 30.5 Å². The summed E-state index contributed by atoms with van der Waals surface area (Å²) in [4.78, 5) is 36.1. The molecule has 0 aliphatic carbocycles. The van der Waals surface area contributed by atoms with Crippen LogP contribution in [0.5, 0.6) is 5.75 Å². The van der Waals surface area contributed by atoms with E-state index in [2.05, 4.69) is 31.8 Å². The van der Waals surface area contributed by atoms with Gasteiger partial charge in [0.2, 0.25) is 0 Å². The predicted octanol–water partition coefficient (Wildman–Crippen LogP) is 4.86. The molecule has 0 bridgehead atoms. The fourth-order valence-electron chi connectivity index (χ4n) is 2.52. The van der Waals surface area contributed by atoms with E-state index in [1.165, 1.54) is 24.4 Å². The van der Waals surface area contributed by atoms with Crippen molar-refractivity contribution in [1.82, 2.24) is 10.7 Å². The number of hydrogen-bond donors (Lipinski definition) is 2. The van der Waals surface area contributed by atoms with Crippen LogP contribution in [0.4, 0.5) is 0 Å². The highest BCUT2D eigenvalue weighted by Crippen LogP contribution is 2.22. The fourth-order valence-corrected chi connectivity index (χ4v) is 3.22. The van der Waals surface area contributed by atoms with E-state index in [0.29, 0.717) is 21.9 Å². The van der Waals surface area contributed by atoms with Gasteiger partial charge < -0.3 is 10.1 Å². The smallest absolute Gasteiger partial charge is 0.343 e. The average Bonchev–Trinajstić information content (AvgIpc) is 2.80. The predicted molar refractivity (Wildman–Crippen MR) is 130 cm³/mol. The second kappa shape index (κ2) is 11.6. The fraction of sp³-hybridized carbons (Fsp3) is 0.0435. The van der Waals surface area contributed by atoms with Gasteiger partial charge in [-0.2, -0.15) is 5.10 Å². The lowest BCUT2D eigenvalue weighted by molar-refractivity contribution is -0.120. The van der Waals surface area contributed by atoms with Crippen LogP contribution in [0, 0.1) is 0 Å². The Morgan fingerprint density at radius 3 is 2.39 bits per heavy atom. The molecule has 0 spiro atoms. The summed E-state index contributed by atoms with van der Waals surface area (Å²) in [6.07, 6.45) is 1.42. The second-order valence-corrected chi connectivity index (χ2v) is 8.30. The van der Waals surface area contributed by atoms with E-state index < -0.39 is 17.8 Å². The van der Waals surface area contributed by atoms with Crippen molar-refractivity contribution in [2.45, 2.75) is 0 Å². The number of amides is 2. The van der Waals surface area contributed by atoms with Crippen LogP contribution in [0.3, 0.4) is 0 Å². The monoisotopic (exact) mass is 547 g/mol. The summed E-state index contributed by atoms with van der Waals surface area (Å²) >= 11 is 15.0. The quantitative estimate of drug-likeness (QED) is 0.191. The number of hydrogen-bond acceptors (Lipinski definition) is 5. The lowest BCUT2D eigenvalue weighted by Gasteiger charge is -2.06. The van der Waals surface area contributed by atoms with Gasteiger partial charge in [-0.25, -0.2) is 10.2 Å². The first-order valence-corrected chi connectivity index (χ1v) is 11.0. The van der Waals surface area contributed by atoms with Gasteiger partial charge in [-0.15, -0.1) is 0 Å². The Morgan fingerprint density at radius 1 is 0.939 bits per heavy atom. The molecule has 0 aliphatic heterocycles. The van der Waals surface area contributed by atoms with Crippen LogP contribution >= 0.6 is 39.1 Å². The van der Waals surface area contributed by atoms with Gasteiger partial charge in [0.15, 0.2) is 0 Å². The van der Waals surface area contributed by atoms with Crippen LogP contribution in [0.1, 0.15) is 26.3 Å². The standard InChI is InChI=1S/C23H16BrCl2N3O4/c24-17-3-1-2-16(10-17)23(32)33-18-7-4-14(5-8-18)12-28-29-21(30)13-27-22(31)15-6-9-19(25)20(26)11-15/h1-12H,13H2,(H,27,31)(H,29,30)/b28-12+. The summed E-state index contributed by atoms with van der Waals surface area (Å²) in [5.41, 5.74) is 3.67. The summed E-state index contributed by atoms with van der Waals surface area (Å²) in [6.45, 7) is -0.277. The topological polar surface area (TPSA) is 96.9 Å². The highest BCUT2D eigenvalue weighted by molar-refractivity contribution is 9.10. The Labute approximate surface area is 207 Å². The lowest BCUT2D eigenvalue weighted by Crippen LogP contribution is -2.34. The zero-order chi connectivity index (χ0) is 23.8. The van der Waals surface area contributed by atoms with Crippen molar-refractivity contribution in [2.75, 3.05) is 6.54 Å². The number of carbonyl (C=O) groups is 3. The number of esters is 1. The number of nitrogens with one attached hydrogen (secondary N) is 2. The van der Waals surface area contributed by atoms with Gasteiger partial charge >= 0.3 is 5.97 Å². The number of halogens is 3. The molecule has 2 N–H and O–H groups in total. The molecule has 0 saturated heterocycles. The molecule has 0 atom stereocenters. The van der Waals surface area contributed by atoms with Crippen molar-refractivity contribution in [3.8, 4) is 5.75 Å². The van der Waals surface area contributed by atoms with Gasteiger partial charge in [0.25, 0.3) is 11.8 Å². The van der Waals surface area contributed by atoms with E-state index >= 15 is 0 Å². The number of benzene rings is 3. The van der Waals surface area contributed by atoms with Crippen molar-refractivity contribution in [1.29, 1.82) is 0 Å². The molecule has 33 heavy (non-hydrogen) atoms. The minimum absolute atomic E-state index is 0.243. The van der Waals surface area contributed by atoms with Crippen molar-refractivity contribution in [3.63, 3.8) is 0 Å². The molecular weight excluding hydrogens is 533 g/mol. The molecule has 0 fully saturated rings. The Kier molecular flexibility index (Phi) is 8.59. The third kappa shape index (κ3) is 7.42. The maximum atomic E-state index is 12.2. The van der Waals surface area contributed by atoms with Gasteiger partial charge in [-0.3, -0.25) is 9.59 Å². The molecule has 3 aromatic carbocycles. The molecule has 0 radical (unpaired) electrons. The van der Waals surface area contributed by atoms with Crippen LogP contribution < -0.4 is 15.5 Å². The molecule has 10 heteroatoms. The van der Waals surface area contributed by atoms with E-state index in [0.717, 1.165) is 4.47 Å². The van der Waals surface area contributed by atoms with Gasteiger partial charge in [0.1, 0.15) is 5.75 Å². The number of nitrogens with zero attached hydrogens (tertiary/aromatic N) is 1. The molecule has 0 heterocycles. The van der Waals surface area contributed by atoms with Crippen LogP contribution in [0.15, 0.2) is 76.3 Å². The Hall–Kier alpha value is -3.20. The first-order valence-electron chi connectivity index (χ1n) is 9.45. The van der Waals surface area contributed by atoms with Crippen LogP contribution in [0.25, 0.3) is 0 Å². The average molecular weight is 549 g/mol. The molecule has 0 unspecified atom stereocenters. The van der Waals surface area contributed by atoms with Crippen molar-refractivity contribution in [3.05, 3.63) is 97.9 Å². The van der Waals surface area contributed by atoms with Crippen molar-refractivity contribution >= 4 is 63.1 Å². The van der Waals surface area contributed by atoms with Gasteiger partial charge in [-0.05, 0) is 66.2 Å². The lowest BCUT2D eigenvalue weighted by atomic mass is 10.2. The van der Waals surface area contributed by atoms with E-state index in [1.54, 1.807) is 42.5 Å². The summed E-state index contributed by atoms with van der Waals surface area (Å²) in [5.74, 6) is -1.10. The van der Waals surface area contributed by atoms with Crippen molar-refractivity contribution < 1.29 is 19.1 Å². The molecule has 0 aromatic heterocycles. The maximum absolute atomic E-state index is 12.2. The highest BCUT2D eigenvalue weighted by atomic mass is 79.9. The zero-order valence-corrected chi connectivity index (χ0v) is 19.9. The van der Waals surface area contributed by atoms with E-state index in [9.17, 15) is 14.4 Å². The zero-order valence-electron chi connectivity index (χ0n) is 16.8. The molecule has 0 aliphatic rings. The van der Waals surface area contributed by atoms with Gasteiger partial charge in [-0.1, -0.05) is 45.2 Å². The third-order valence-electron chi connectivity index (χ3n) is 4.15. The largest absolute Gasteiger partial charge is 0.423 e. The third-order valence-corrected chi connectivity index (χ3v) is 5.38. The normalized spacial score (nSPS) is 10.6. The number of carbonyl (C=O) groups excluding carboxylic acids is 3. The first kappa shape index (κ1) is 24.4. The van der Waals surface area contributed by atoms with E-state index in [-0.39, 0.29) is 17.1 Å². The summed E-state index contributed by atoms with van der Waals surface area (Å²) < 4.78 is 6.11. The Bertz CT molecular complexity index is 1220. The molecule has 168 valence electrons. The second-order valence-electron chi connectivity index (χ2n) is 6.57. The summed E-state index contributed by atoms with van der Waals surface area (Å²) in [7, 11) is 0. The number of rotatable bonds is 7. The number of hydrazone groups is 1. The van der Waals surface area contributed by atoms with E-state index in [4.69, 9.17) is 27.9 Å². The highest BCUT2D eigenvalue weighted by Gasteiger charge is 2.10. The maximum Gasteiger partial charge on any atom is 0.343 e. The number of ether oxygens (including phenoxy) is 1. The van der Waals surface area contributed by atoms with Crippen molar-refractivity contribution in [2.24, 2.45) is 5.10 Å². The minimum atomic E-state index is -0.515. The molecule has 7 nitrogen and oxygen atoms in total. The van der Waals surface area contributed by atoms with Gasteiger partial charge in [0.05, 0.1) is 28.4 Å². The molecule has 3 aromatic rings. The summed E-state index contributed by atoms with van der Waals surface area (Å²) in [6, 6.07) is 17.8. The first-order chi connectivity index (χ1) is 15.8. The molecule has 0 saturated carbocycles. The van der Waals surface area contributed by atoms with Crippen LogP contribution in [-0.2, 0) is 4.79 Å². The van der Waals surface area contributed by atoms with Crippen LogP contribution in [0.2, 0.25) is 10.0 Å². The SMILES string of the molecule is O=C(CNC(=O)c1ccc(Cl)c(Cl)c1)N/N=C/c1ccc(OC(=O)c2cccc(Br)c2)cc1. The molecule has 2 amide bonds. The van der Waals surface area contributed by atoms with E-state index in [1.807, 2.05) is 6.07 Å². The summed E-state index contributed by atoms with van der Waals surface area (Å²) in [5, 5.41) is 6.87. The van der Waals surface area contributed by atoms with Gasteiger partial charge in [0, 0.05) is 10.0 Å². The molecule has 3 rings (SSSR count). The Balaban J connectivity index is 1.45.